The van der Waals surface area contributed by atoms with E-state index in [9.17, 15) is 14.4 Å². The van der Waals surface area contributed by atoms with Gasteiger partial charge in [0.1, 0.15) is 0 Å². The number of halogens is 2. The molecule has 1 saturated heterocycles. The van der Waals surface area contributed by atoms with Gasteiger partial charge in [-0.3, -0.25) is 14.4 Å². The zero-order chi connectivity index (χ0) is 18.7. The molecule has 1 unspecified atom stereocenters. The Morgan fingerprint density at radius 1 is 1.12 bits per heavy atom. The molecule has 0 N–H and O–H groups in total. The lowest BCUT2D eigenvalue weighted by Crippen LogP contribution is -2.27. The van der Waals surface area contributed by atoms with Crippen LogP contribution in [0, 0.1) is 5.92 Å². The highest BCUT2D eigenvalue weighted by molar-refractivity contribution is 9.10. The molecule has 1 amide bonds. The van der Waals surface area contributed by atoms with Crippen LogP contribution < -0.4 is 4.90 Å². The maximum Gasteiger partial charge on any atom is 0.311 e. The maximum absolute atomic E-state index is 12.2. The Balaban J connectivity index is 1.57. The summed E-state index contributed by atoms with van der Waals surface area (Å²) in [5.41, 5.74) is 1.15. The molecular formula is C19H15BrClNO4. The number of nitrogens with zero attached hydrogens (tertiary/aromatic N) is 1. The fourth-order valence-corrected chi connectivity index (χ4v) is 3.10. The van der Waals surface area contributed by atoms with Crippen LogP contribution in [0.4, 0.5) is 5.69 Å². The van der Waals surface area contributed by atoms with Crippen molar-refractivity contribution in [3.8, 4) is 0 Å². The van der Waals surface area contributed by atoms with E-state index < -0.39 is 11.9 Å². The van der Waals surface area contributed by atoms with Gasteiger partial charge in [0.2, 0.25) is 5.91 Å². The van der Waals surface area contributed by atoms with Crippen molar-refractivity contribution in [1.82, 2.24) is 0 Å². The van der Waals surface area contributed by atoms with E-state index in [-0.39, 0.29) is 31.3 Å². The Morgan fingerprint density at radius 2 is 1.77 bits per heavy atom. The smallest absolute Gasteiger partial charge is 0.311 e. The molecule has 26 heavy (non-hydrogen) atoms. The summed E-state index contributed by atoms with van der Waals surface area (Å²) < 4.78 is 6.02. The maximum atomic E-state index is 12.2. The largest absolute Gasteiger partial charge is 0.457 e. The minimum Gasteiger partial charge on any atom is -0.457 e. The monoisotopic (exact) mass is 435 g/mol. The number of carbonyl (C=O) groups is 3. The number of esters is 1. The lowest BCUT2D eigenvalue weighted by molar-refractivity contribution is -0.147. The lowest BCUT2D eigenvalue weighted by atomic mass is 10.1. The van der Waals surface area contributed by atoms with Gasteiger partial charge in [-0.15, -0.1) is 0 Å². The third-order valence-corrected chi connectivity index (χ3v) is 4.89. The Kier molecular flexibility index (Phi) is 5.74. The Morgan fingerprint density at radius 3 is 2.42 bits per heavy atom. The van der Waals surface area contributed by atoms with Crippen molar-refractivity contribution in [2.24, 2.45) is 5.92 Å². The third-order valence-electron chi connectivity index (χ3n) is 4.11. The number of hydrogen-bond donors (Lipinski definition) is 0. The zero-order valence-electron chi connectivity index (χ0n) is 13.7. The van der Waals surface area contributed by atoms with Crippen molar-refractivity contribution in [2.45, 2.75) is 6.42 Å². The van der Waals surface area contributed by atoms with Crippen LogP contribution in [0.2, 0.25) is 5.02 Å². The number of amides is 1. The second-order valence-corrected chi connectivity index (χ2v) is 7.27. The number of benzene rings is 2. The second-order valence-electron chi connectivity index (χ2n) is 5.92. The second kappa shape index (κ2) is 8.01. The molecule has 5 nitrogen and oxygen atoms in total. The molecule has 3 rings (SSSR count). The van der Waals surface area contributed by atoms with E-state index >= 15 is 0 Å². The van der Waals surface area contributed by atoms with Crippen LogP contribution in [-0.2, 0) is 14.3 Å². The van der Waals surface area contributed by atoms with Gasteiger partial charge in [-0.05, 0) is 48.5 Å². The predicted molar refractivity (Wildman–Crippen MR) is 101 cm³/mol. The number of carbonyl (C=O) groups excluding carboxylic acids is 3. The molecular weight excluding hydrogens is 422 g/mol. The molecule has 0 aliphatic carbocycles. The van der Waals surface area contributed by atoms with Gasteiger partial charge < -0.3 is 9.64 Å². The summed E-state index contributed by atoms with van der Waals surface area (Å²) in [6.45, 7) is -0.113. The van der Waals surface area contributed by atoms with Crippen LogP contribution in [-0.4, -0.2) is 30.8 Å². The van der Waals surface area contributed by atoms with E-state index in [4.69, 9.17) is 16.3 Å². The number of ketones is 1. The number of hydrogen-bond acceptors (Lipinski definition) is 4. The fourth-order valence-electron chi connectivity index (χ4n) is 2.71. The summed E-state index contributed by atoms with van der Waals surface area (Å²) in [7, 11) is 0. The summed E-state index contributed by atoms with van der Waals surface area (Å²) in [6, 6.07) is 13.6. The lowest BCUT2D eigenvalue weighted by Gasteiger charge is -2.16. The summed E-state index contributed by atoms with van der Waals surface area (Å²) in [5.74, 6) is -1.58. The quantitative estimate of drug-likeness (QED) is 0.527. The molecule has 134 valence electrons. The van der Waals surface area contributed by atoms with Gasteiger partial charge in [0, 0.05) is 33.7 Å². The van der Waals surface area contributed by atoms with Crippen molar-refractivity contribution >= 4 is 50.9 Å². The first-order valence-electron chi connectivity index (χ1n) is 7.95. The van der Waals surface area contributed by atoms with E-state index in [1.165, 1.54) is 0 Å². The Hall–Kier alpha value is -2.18. The van der Waals surface area contributed by atoms with Crippen LogP contribution in [0.15, 0.2) is 53.0 Å². The van der Waals surface area contributed by atoms with Gasteiger partial charge in [-0.25, -0.2) is 0 Å². The Bertz CT molecular complexity index is 836. The van der Waals surface area contributed by atoms with Crippen molar-refractivity contribution in [1.29, 1.82) is 0 Å². The Labute approximate surface area is 164 Å². The molecule has 0 spiro atoms. The van der Waals surface area contributed by atoms with E-state index in [0.29, 0.717) is 10.6 Å². The van der Waals surface area contributed by atoms with Gasteiger partial charge in [0.05, 0.1) is 5.92 Å². The first-order valence-corrected chi connectivity index (χ1v) is 9.12. The van der Waals surface area contributed by atoms with Crippen molar-refractivity contribution in [3.05, 3.63) is 63.6 Å². The molecule has 2 aromatic carbocycles. The summed E-state index contributed by atoms with van der Waals surface area (Å²) in [6.07, 6.45) is 0.0734. The molecule has 0 bridgehead atoms. The molecule has 0 saturated carbocycles. The van der Waals surface area contributed by atoms with Gasteiger partial charge in [0.15, 0.2) is 12.4 Å². The zero-order valence-corrected chi connectivity index (χ0v) is 16.0. The number of Topliss-reactive ketones (excluding diaryl/α,β-unsaturated/α-hetero) is 1. The third kappa shape index (κ3) is 4.31. The highest BCUT2D eigenvalue weighted by Gasteiger charge is 2.36. The predicted octanol–water partition coefficient (Wildman–Crippen LogP) is 3.88. The first-order chi connectivity index (χ1) is 12.4. The molecule has 1 atom stereocenters. The van der Waals surface area contributed by atoms with Gasteiger partial charge >= 0.3 is 5.97 Å². The molecule has 0 radical (unpaired) electrons. The summed E-state index contributed by atoms with van der Waals surface area (Å²) in [5, 5.41) is 0.524. The number of ether oxygens (including phenoxy) is 1. The van der Waals surface area contributed by atoms with Gasteiger partial charge in [-0.2, -0.15) is 0 Å². The van der Waals surface area contributed by atoms with E-state index in [1.54, 1.807) is 41.3 Å². The number of rotatable bonds is 5. The van der Waals surface area contributed by atoms with Crippen LogP contribution in [0.25, 0.3) is 0 Å². The van der Waals surface area contributed by atoms with Gasteiger partial charge in [-0.1, -0.05) is 27.5 Å². The SMILES string of the molecule is O=C(COC(=O)C1CC(=O)N(c2ccc(Br)cc2)C1)c1ccc(Cl)cc1. The topological polar surface area (TPSA) is 63.7 Å². The minimum absolute atomic E-state index is 0.0734. The standard InChI is InChI=1S/C19H15BrClNO4/c20-14-3-7-16(8-4-14)22-10-13(9-18(22)24)19(25)26-11-17(23)12-1-5-15(21)6-2-12/h1-8,13H,9-11H2. The number of anilines is 1. The van der Waals surface area contributed by atoms with Gasteiger partial charge in [0.25, 0.3) is 0 Å². The summed E-state index contributed by atoms with van der Waals surface area (Å²) >= 11 is 9.13. The fraction of sp³-hybridized carbons (Fsp3) is 0.211. The van der Waals surface area contributed by atoms with E-state index in [2.05, 4.69) is 15.9 Å². The first kappa shape index (κ1) is 18.6. The minimum atomic E-state index is -0.579. The van der Waals surface area contributed by atoms with Crippen LogP contribution in [0.1, 0.15) is 16.8 Å². The molecule has 0 aromatic heterocycles. The molecule has 7 heteroatoms. The molecule has 1 fully saturated rings. The van der Waals surface area contributed by atoms with Crippen LogP contribution >= 0.6 is 27.5 Å². The van der Waals surface area contributed by atoms with Crippen molar-refractivity contribution in [2.75, 3.05) is 18.1 Å². The summed E-state index contributed by atoms with van der Waals surface area (Å²) in [4.78, 5) is 38.0. The normalized spacial score (nSPS) is 16.6. The average Bonchev–Trinajstić information content (AvgIpc) is 3.02. The molecule has 1 aliphatic heterocycles. The van der Waals surface area contributed by atoms with Crippen molar-refractivity contribution < 1.29 is 19.1 Å². The van der Waals surface area contributed by atoms with E-state index in [0.717, 1.165) is 10.2 Å². The highest BCUT2D eigenvalue weighted by Crippen LogP contribution is 2.27. The molecule has 1 aliphatic rings. The molecule has 1 heterocycles. The van der Waals surface area contributed by atoms with Crippen molar-refractivity contribution in [3.63, 3.8) is 0 Å². The van der Waals surface area contributed by atoms with Crippen LogP contribution in [0.3, 0.4) is 0 Å². The average molecular weight is 437 g/mol. The van der Waals surface area contributed by atoms with E-state index in [1.807, 2.05) is 12.1 Å². The highest BCUT2D eigenvalue weighted by atomic mass is 79.9. The molecule has 2 aromatic rings. The van der Waals surface area contributed by atoms with Crippen LogP contribution in [0.5, 0.6) is 0 Å².